The fourth-order valence-electron chi connectivity index (χ4n) is 1.23. The Kier molecular flexibility index (Phi) is 1.71. The normalized spacial score (nSPS) is 27.4. The Morgan fingerprint density at radius 3 is 3.25 bits per heavy atom. The number of rotatable bonds is 1. The molecule has 0 aromatic rings. The summed E-state index contributed by atoms with van der Waals surface area (Å²) in [4.78, 5) is 10.8. The molecule has 0 radical (unpaired) electrons. The maximum Gasteiger partial charge on any atom is 0.336 e. The van der Waals surface area contributed by atoms with Crippen molar-refractivity contribution in [1.29, 1.82) is 0 Å². The van der Waals surface area contributed by atoms with Crippen LogP contribution in [0, 0.1) is 0 Å². The number of hydrogen-bond acceptors (Lipinski definition) is 4. The van der Waals surface area contributed by atoms with E-state index in [0.29, 0.717) is 17.9 Å². The summed E-state index contributed by atoms with van der Waals surface area (Å²) in [5, 5.41) is 0. The minimum atomic E-state index is -0.462. The minimum absolute atomic E-state index is 0.358. The van der Waals surface area contributed by atoms with E-state index in [1.165, 1.54) is 13.2 Å². The van der Waals surface area contributed by atoms with Gasteiger partial charge in [-0.1, -0.05) is 0 Å². The topological polar surface area (TPSA) is 44.8 Å². The highest BCUT2D eigenvalue weighted by atomic mass is 16.7. The highest BCUT2D eigenvalue weighted by molar-refractivity contribution is 5.88. The molecule has 12 heavy (non-hydrogen) atoms. The first-order valence-corrected chi connectivity index (χ1v) is 3.59. The van der Waals surface area contributed by atoms with E-state index in [1.807, 2.05) is 0 Å². The van der Waals surface area contributed by atoms with Crippen molar-refractivity contribution in [3.8, 4) is 0 Å². The van der Waals surface area contributed by atoms with E-state index in [2.05, 4.69) is 0 Å². The van der Waals surface area contributed by atoms with Gasteiger partial charge in [0.05, 0.1) is 12.2 Å². The van der Waals surface area contributed by atoms with Crippen LogP contribution in [0.4, 0.5) is 0 Å². The van der Waals surface area contributed by atoms with Crippen LogP contribution in [0.3, 0.4) is 0 Å². The molecule has 0 unspecified atom stereocenters. The second-order valence-electron chi connectivity index (χ2n) is 2.49. The molecular formula is C8H8O4. The lowest BCUT2D eigenvalue weighted by Crippen LogP contribution is -2.22. The van der Waals surface area contributed by atoms with Gasteiger partial charge in [0.1, 0.15) is 5.76 Å². The molecule has 1 atom stereocenters. The molecule has 0 spiro atoms. The second kappa shape index (κ2) is 2.73. The van der Waals surface area contributed by atoms with Gasteiger partial charge in [0.15, 0.2) is 6.29 Å². The van der Waals surface area contributed by atoms with Crippen LogP contribution in [0.15, 0.2) is 23.5 Å². The van der Waals surface area contributed by atoms with Gasteiger partial charge in [-0.3, -0.25) is 0 Å². The van der Waals surface area contributed by atoms with E-state index in [0.717, 1.165) is 0 Å². The maximum absolute atomic E-state index is 10.8. The Labute approximate surface area is 69.4 Å². The van der Waals surface area contributed by atoms with Crippen LogP contribution >= 0.6 is 0 Å². The van der Waals surface area contributed by atoms with Crippen molar-refractivity contribution in [3.05, 3.63) is 23.5 Å². The van der Waals surface area contributed by atoms with Crippen molar-refractivity contribution in [2.75, 3.05) is 13.7 Å². The summed E-state index contributed by atoms with van der Waals surface area (Å²) in [5.74, 6) is 0.210. The summed E-state index contributed by atoms with van der Waals surface area (Å²) in [6.45, 7) is 0.415. The van der Waals surface area contributed by atoms with Crippen molar-refractivity contribution in [3.63, 3.8) is 0 Å². The number of fused-ring (bicyclic) bond motifs is 1. The third-order valence-corrected chi connectivity index (χ3v) is 1.75. The summed E-state index contributed by atoms with van der Waals surface area (Å²) in [7, 11) is 1.53. The van der Waals surface area contributed by atoms with E-state index >= 15 is 0 Å². The molecule has 2 rings (SSSR count). The van der Waals surface area contributed by atoms with Crippen molar-refractivity contribution in [2.45, 2.75) is 6.29 Å². The average molecular weight is 168 g/mol. The van der Waals surface area contributed by atoms with E-state index in [4.69, 9.17) is 14.2 Å². The SMILES string of the molecule is CO[C@H]1OCC=C2OC(=O)C=C21. The van der Waals surface area contributed by atoms with Crippen LogP contribution in [-0.4, -0.2) is 26.0 Å². The van der Waals surface area contributed by atoms with Crippen LogP contribution in [0.25, 0.3) is 0 Å². The molecule has 64 valence electrons. The van der Waals surface area contributed by atoms with E-state index < -0.39 is 6.29 Å². The van der Waals surface area contributed by atoms with Crippen LogP contribution < -0.4 is 0 Å². The summed E-state index contributed by atoms with van der Waals surface area (Å²) in [6, 6.07) is 0. The van der Waals surface area contributed by atoms with Crippen LogP contribution in [0.2, 0.25) is 0 Å². The first-order valence-electron chi connectivity index (χ1n) is 3.59. The van der Waals surface area contributed by atoms with Crippen molar-refractivity contribution in [2.24, 2.45) is 0 Å². The number of carbonyl (C=O) groups excluding carboxylic acids is 1. The number of hydrogen-bond donors (Lipinski definition) is 0. The lowest BCUT2D eigenvalue weighted by molar-refractivity contribution is -0.132. The minimum Gasteiger partial charge on any atom is -0.423 e. The molecule has 2 aliphatic heterocycles. The second-order valence-corrected chi connectivity index (χ2v) is 2.49. The standard InChI is InChI=1S/C8H8O4/c1-10-8-5-4-7(9)12-6(5)2-3-11-8/h2,4,8H,3H2,1H3/t8-/m0/s1. The van der Waals surface area contributed by atoms with Gasteiger partial charge in [-0.2, -0.15) is 0 Å². The molecule has 0 fully saturated rings. The largest absolute Gasteiger partial charge is 0.423 e. The predicted molar refractivity (Wildman–Crippen MR) is 39.0 cm³/mol. The summed E-state index contributed by atoms with van der Waals surface area (Å²) in [6.07, 6.45) is 2.64. The van der Waals surface area contributed by atoms with Gasteiger partial charge in [0.2, 0.25) is 0 Å². The van der Waals surface area contributed by atoms with Gasteiger partial charge >= 0.3 is 5.97 Å². The first-order chi connectivity index (χ1) is 5.81. The zero-order valence-corrected chi connectivity index (χ0v) is 6.57. The molecule has 4 nitrogen and oxygen atoms in total. The average Bonchev–Trinajstić information content (AvgIpc) is 2.44. The van der Waals surface area contributed by atoms with Crippen molar-refractivity contribution < 1.29 is 19.0 Å². The lowest BCUT2D eigenvalue weighted by Gasteiger charge is -2.20. The van der Waals surface area contributed by atoms with Gasteiger partial charge < -0.3 is 14.2 Å². The predicted octanol–water partition coefficient (Wildman–Crippen LogP) is 0.356. The molecule has 0 aliphatic carbocycles. The van der Waals surface area contributed by atoms with Crippen LogP contribution in [0.1, 0.15) is 0 Å². The monoisotopic (exact) mass is 168 g/mol. The van der Waals surface area contributed by atoms with Crippen molar-refractivity contribution >= 4 is 5.97 Å². The molecule has 0 amide bonds. The fraction of sp³-hybridized carbons (Fsp3) is 0.375. The molecular weight excluding hydrogens is 160 g/mol. The molecule has 0 saturated carbocycles. The van der Waals surface area contributed by atoms with Gasteiger partial charge in [-0.05, 0) is 6.08 Å². The Bertz CT molecular complexity index is 277. The Morgan fingerprint density at radius 1 is 1.67 bits per heavy atom. The van der Waals surface area contributed by atoms with Crippen molar-refractivity contribution in [1.82, 2.24) is 0 Å². The molecule has 2 heterocycles. The van der Waals surface area contributed by atoms with E-state index in [1.54, 1.807) is 6.08 Å². The quantitative estimate of drug-likeness (QED) is 0.530. The molecule has 4 heteroatoms. The maximum atomic E-state index is 10.8. The smallest absolute Gasteiger partial charge is 0.336 e. The molecule has 0 saturated heterocycles. The van der Waals surface area contributed by atoms with Crippen LogP contribution in [-0.2, 0) is 19.0 Å². The number of carbonyl (C=O) groups is 1. The molecule has 0 aromatic heterocycles. The zero-order chi connectivity index (χ0) is 8.55. The van der Waals surface area contributed by atoms with E-state index in [9.17, 15) is 4.79 Å². The highest BCUT2D eigenvalue weighted by Crippen LogP contribution is 2.27. The molecule has 0 bridgehead atoms. The summed E-state index contributed by atoms with van der Waals surface area (Å²) in [5.41, 5.74) is 0.675. The zero-order valence-electron chi connectivity index (χ0n) is 6.57. The Morgan fingerprint density at radius 2 is 2.50 bits per heavy atom. The first kappa shape index (κ1) is 7.52. The Hall–Kier alpha value is -1.13. The Balaban J connectivity index is 2.31. The molecule has 2 aliphatic rings. The number of ether oxygens (including phenoxy) is 3. The van der Waals surface area contributed by atoms with Gasteiger partial charge in [0.25, 0.3) is 0 Å². The van der Waals surface area contributed by atoms with Gasteiger partial charge in [-0.25, -0.2) is 4.79 Å². The lowest BCUT2D eigenvalue weighted by atomic mass is 10.2. The summed E-state index contributed by atoms with van der Waals surface area (Å²) >= 11 is 0. The van der Waals surface area contributed by atoms with E-state index in [-0.39, 0.29) is 5.97 Å². The number of methoxy groups -OCH3 is 1. The third-order valence-electron chi connectivity index (χ3n) is 1.75. The van der Waals surface area contributed by atoms with Gasteiger partial charge in [-0.15, -0.1) is 0 Å². The summed E-state index contributed by atoms with van der Waals surface area (Å²) < 4.78 is 15.0. The van der Waals surface area contributed by atoms with Gasteiger partial charge in [0, 0.05) is 13.2 Å². The third kappa shape index (κ3) is 1.05. The van der Waals surface area contributed by atoms with Crippen LogP contribution in [0.5, 0.6) is 0 Å². The highest BCUT2D eigenvalue weighted by Gasteiger charge is 2.30. The number of esters is 1. The fourth-order valence-corrected chi connectivity index (χ4v) is 1.23. The molecule has 0 N–H and O–H groups in total. The molecule has 0 aromatic carbocycles.